The third kappa shape index (κ3) is 6.31. The van der Waals surface area contributed by atoms with Gasteiger partial charge in [0.05, 0.1) is 24.1 Å². The Morgan fingerprint density at radius 3 is 2.65 bits per heavy atom. The number of carbonyl (C=O) groups is 3. The molecular weight excluding hydrogens is 516 g/mol. The fourth-order valence-electron chi connectivity index (χ4n) is 5.25. The van der Waals surface area contributed by atoms with Crippen molar-refractivity contribution in [3.63, 3.8) is 0 Å². The lowest BCUT2D eigenvalue weighted by molar-refractivity contribution is -0.134. The highest BCUT2D eigenvalue weighted by atomic mass is 16.7. The lowest BCUT2D eigenvalue weighted by atomic mass is 9.94. The van der Waals surface area contributed by atoms with Gasteiger partial charge in [0, 0.05) is 24.8 Å². The first-order valence-corrected chi connectivity index (χ1v) is 13.6. The quantitative estimate of drug-likeness (QED) is 0.480. The first-order chi connectivity index (χ1) is 19.3. The number of benzene rings is 2. The second-order valence-corrected chi connectivity index (χ2v) is 10.6. The number of nitrogens with one attached hydrogen (secondary N) is 2. The Balaban J connectivity index is 1.21. The molecule has 3 heterocycles. The van der Waals surface area contributed by atoms with E-state index in [4.69, 9.17) is 18.9 Å². The van der Waals surface area contributed by atoms with E-state index in [1.54, 1.807) is 48.3 Å². The second-order valence-electron chi connectivity index (χ2n) is 10.6. The van der Waals surface area contributed by atoms with Crippen LogP contribution < -0.4 is 24.8 Å². The second kappa shape index (κ2) is 12.1. The molecule has 3 aliphatic rings. The molecule has 11 heteroatoms. The molecule has 0 bridgehead atoms. The minimum absolute atomic E-state index is 0.0286. The zero-order valence-electron chi connectivity index (χ0n) is 23.1. The van der Waals surface area contributed by atoms with E-state index in [0.717, 1.165) is 13.0 Å². The highest BCUT2D eigenvalue weighted by molar-refractivity contribution is 6.06. The van der Waals surface area contributed by atoms with Crippen molar-refractivity contribution in [1.29, 1.82) is 0 Å². The first kappa shape index (κ1) is 27.7. The molecular formula is C29H36N4O7. The standard InChI is InChI=1S/C29H36N4O7/c1-32(2)12-4-11-30-27(34)15-20-7-8-22-26(40-20)16-37-23-10-6-19(14-21(23)29(36)33(22)3)31-28(35)18-5-9-24-25(13-18)39-17-38-24/h5-6,9-10,13-14,20,22,26H,4,7-8,11-12,15-17H2,1-3H3,(H,30,34)(H,31,35)/t20-,22+,26+/m1/s1. The van der Waals surface area contributed by atoms with Crippen LogP contribution in [0.5, 0.6) is 17.2 Å². The molecule has 0 saturated carbocycles. The highest BCUT2D eigenvalue weighted by Gasteiger charge is 2.39. The summed E-state index contributed by atoms with van der Waals surface area (Å²) in [6, 6.07) is 9.79. The molecule has 3 aliphatic heterocycles. The van der Waals surface area contributed by atoms with E-state index in [2.05, 4.69) is 15.5 Å². The predicted molar refractivity (Wildman–Crippen MR) is 147 cm³/mol. The first-order valence-electron chi connectivity index (χ1n) is 13.6. The lowest BCUT2D eigenvalue weighted by Crippen LogP contribution is -2.54. The van der Waals surface area contributed by atoms with E-state index in [0.29, 0.717) is 53.4 Å². The Labute approximate surface area is 233 Å². The van der Waals surface area contributed by atoms with Crippen molar-refractivity contribution in [2.24, 2.45) is 0 Å². The maximum atomic E-state index is 13.5. The van der Waals surface area contributed by atoms with Gasteiger partial charge >= 0.3 is 0 Å². The van der Waals surface area contributed by atoms with E-state index in [-0.39, 0.29) is 55.8 Å². The van der Waals surface area contributed by atoms with Crippen LogP contribution >= 0.6 is 0 Å². The van der Waals surface area contributed by atoms with Crippen LogP contribution in [0.15, 0.2) is 36.4 Å². The third-order valence-electron chi connectivity index (χ3n) is 7.42. The van der Waals surface area contributed by atoms with Gasteiger partial charge in [0.15, 0.2) is 11.5 Å². The maximum Gasteiger partial charge on any atom is 0.257 e. The number of carbonyl (C=O) groups excluding carboxylic acids is 3. The van der Waals surface area contributed by atoms with E-state index < -0.39 is 0 Å². The zero-order valence-corrected chi connectivity index (χ0v) is 23.1. The summed E-state index contributed by atoms with van der Waals surface area (Å²) < 4.78 is 23.0. The zero-order chi connectivity index (χ0) is 28.2. The molecule has 0 aliphatic carbocycles. The Kier molecular flexibility index (Phi) is 8.41. The monoisotopic (exact) mass is 552 g/mol. The van der Waals surface area contributed by atoms with Crippen LogP contribution in [0.1, 0.15) is 46.4 Å². The summed E-state index contributed by atoms with van der Waals surface area (Å²) in [5.74, 6) is 0.950. The van der Waals surface area contributed by atoms with Crippen LogP contribution in [0.3, 0.4) is 0 Å². The van der Waals surface area contributed by atoms with Gasteiger partial charge in [0.1, 0.15) is 18.5 Å². The number of amides is 3. The molecule has 3 amide bonds. The number of hydrogen-bond acceptors (Lipinski definition) is 8. The summed E-state index contributed by atoms with van der Waals surface area (Å²) >= 11 is 0. The Hall–Kier alpha value is -3.83. The molecule has 1 saturated heterocycles. The fraction of sp³-hybridized carbons (Fsp3) is 0.483. The summed E-state index contributed by atoms with van der Waals surface area (Å²) in [5.41, 5.74) is 1.25. The van der Waals surface area contributed by atoms with E-state index in [1.165, 1.54) is 0 Å². The van der Waals surface area contributed by atoms with E-state index in [1.807, 2.05) is 14.1 Å². The maximum absolute atomic E-state index is 13.5. The molecule has 2 aromatic rings. The number of anilines is 1. The van der Waals surface area contributed by atoms with Crippen LogP contribution in [0.2, 0.25) is 0 Å². The molecule has 3 atom stereocenters. The number of likely N-dealkylation sites (N-methyl/N-ethyl adjacent to an activating group) is 1. The number of ether oxygens (including phenoxy) is 4. The van der Waals surface area contributed by atoms with Crippen molar-refractivity contribution in [1.82, 2.24) is 15.1 Å². The molecule has 0 radical (unpaired) electrons. The van der Waals surface area contributed by atoms with Gasteiger partial charge in [-0.1, -0.05) is 0 Å². The van der Waals surface area contributed by atoms with E-state index >= 15 is 0 Å². The smallest absolute Gasteiger partial charge is 0.257 e. The molecule has 2 aromatic carbocycles. The fourth-order valence-corrected chi connectivity index (χ4v) is 5.25. The normalized spacial score (nSPS) is 21.6. The van der Waals surface area contributed by atoms with Crippen LogP contribution in [-0.2, 0) is 9.53 Å². The summed E-state index contributed by atoms with van der Waals surface area (Å²) in [5, 5.41) is 5.81. The van der Waals surface area contributed by atoms with Crippen LogP contribution in [0, 0.1) is 0 Å². The summed E-state index contributed by atoms with van der Waals surface area (Å²) in [6.07, 6.45) is 1.96. The van der Waals surface area contributed by atoms with Crippen molar-refractivity contribution in [2.45, 2.75) is 43.9 Å². The molecule has 2 N–H and O–H groups in total. The summed E-state index contributed by atoms with van der Waals surface area (Å²) in [4.78, 5) is 42.6. The van der Waals surface area contributed by atoms with Crippen molar-refractivity contribution < 1.29 is 33.3 Å². The summed E-state index contributed by atoms with van der Waals surface area (Å²) in [7, 11) is 5.77. The molecule has 0 unspecified atom stereocenters. The average molecular weight is 553 g/mol. The number of hydrogen-bond donors (Lipinski definition) is 2. The largest absolute Gasteiger partial charge is 0.490 e. The van der Waals surface area contributed by atoms with Gasteiger partial charge in [0.25, 0.3) is 11.8 Å². The van der Waals surface area contributed by atoms with Crippen molar-refractivity contribution in [2.75, 3.05) is 52.9 Å². The van der Waals surface area contributed by atoms with E-state index in [9.17, 15) is 14.4 Å². The molecule has 40 heavy (non-hydrogen) atoms. The van der Waals surface area contributed by atoms with Crippen LogP contribution in [-0.4, -0.2) is 93.4 Å². The Bertz CT molecular complexity index is 1270. The SMILES string of the molecule is CN(C)CCCNC(=O)C[C@H]1CC[C@H]2[C@H](COc3ccc(NC(=O)c4ccc5c(c4)OCO5)cc3C(=O)N2C)O1. The topological polar surface area (TPSA) is 119 Å². The van der Waals surface area contributed by atoms with Crippen LogP contribution in [0.25, 0.3) is 0 Å². The molecule has 0 aromatic heterocycles. The van der Waals surface area contributed by atoms with Gasteiger partial charge in [0.2, 0.25) is 12.7 Å². The van der Waals surface area contributed by atoms with Gasteiger partial charge in [-0.15, -0.1) is 0 Å². The lowest BCUT2D eigenvalue weighted by Gasteiger charge is -2.42. The van der Waals surface area contributed by atoms with Gasteiger partial charge in [-0.2, -0.15) is 0 Å². The Morgan fingerprint density at radius 2 is 1.82 bits per heavy atom. The number of rotatable bonds is 8. The molecule has 11 nitrogen and oxygen atoms in total. The number of nitrogens with zero attached hydrogens (tertiary/aromatic N) is 2. The van der Waals surface area contributed by atoms with Gasteiger partial charge in [-0.3, -0.25) is 14.4 Å². The Morgan fingerprint density at radius 1 is 1.02 bits per heavy atom. The average Bonchev–Trinajstić information content (AvgIpc) is 3.41. The molecule has 1 fully saturated rings. The highest BCUT2D eigenvalue weighted by Crippen LogP contribution is 2.34. The molecule has 5 rings (SSSR count). The van der Waals surface area contributed by atoms with Crippen molar-refractivity contribution in [3.05, 3.63) is 47.5 Å². The minimum Gasteiger partial charge on any atom is -0.490 e. The minimum atomic E-state index is -0.354. The van der Waals surface area contributed by atoms with Crippen molar-refractivity contribution >= 4 is 23.4 Å². The van der Waals surface area contributed by atoms with Gasteiger partial charge in [-0.05, 0) is 76.3 Å². The number of fused-ring (bicyclic) bond motifs is 3. The van der Waals surface area contributed by atoms with Crippen LogP contribution in [0.4, 0.5) is 5.69 Å². The van der Waals surface area contributed by atoms with Gasteiger partial charge in [-0.25, -0.2) is 0 Å². The third-order valence-corrected chi connectivity index (χ3v) is 7.42. The molecule has 214 valence electrons. The predicted octanol–water partition coefficient (Wildman–Crippen LogP) is 2.51. The van der Waals surface area contributed by atoms with Gasteiger partial charge < -0.3 is 39.4 Å². The summed E-state index contributed by atoms with van der Waals surface area (Å²) in [6.45, 7) is 1.92. The van der Waals surface area contributed by atoms with Crippen molar-refractivity contribution in [3.8, 4) is 17.2 Å². The molecule has 0 spiro atoms.